The third-order valence-corrected chi connectivity index (χ3v) is 4.33. The minimum Gasteiger partial charge on any atom is -0.355 e. The third-order valence-electron chi connectivity index (χ3n) is 4.33. The van der Waals surface area contributed by atoms with Crippen molar-refractivity contribution in [1.82, 2.24) is 24.8 Å². The number of anilines is 1. The first-order valence-electron chi connectivity index (χ1n) is 7.86. The highest BCUT2D eigenvalue weighted by Crippen LogP contribution is 2.31. The van der Waals surface area contributed by atoms with Gasteiger partial charge in [-0.1, -0.05) is 0 Å². The van der Waals surface area contributed by atoms with Crippen LogP contribution >= 0.6 is 0 Å². The highest BCUT2D eigenvalue weighted by molar-refractivity contribution is 5.90. The molecule has 4 aromatic rings. The van der Waals surface area contributed by atoms with Crippen LogP contribution in [0.4, 0.5) is 14.6 Å². The van der Waals surface area contributed by atoms with Crippen molar-refractivity contribution >= 4 is 22.4 Å². The van der Waals surface area contributed by atoms with Gasteiger partial charge in [0, 0.05) is 30.9 Å². The van der Waals surface area contributed by atoms with Crippen molar-refractivity contribution in [2.24, 2.45) is 0 Å². The summed E-state index contributed by atoms with van der Waals surface area (Å²) < 4.78 is 29.8. The number of H-pyrrole nitrogens is 1. The van der Waals surface area contributed by atoms with Crippen LogP contribution < -0.4 is 4.90 Å². The fourth-order valence-electron chi connectivity index (χ4n) is 2.75. The number of hydrogen-bond donors (Lipinski definition) is 1. The first-order chi connectivity index (χ1) is 12.0. The Morgan fingerprint density at radius 1 is 1.24 bits per heavy atom. The van der Waals surface area contributed by atoms with E-state index in [1.165, 1.54) is 35.1 Å². The first-order valence-corrected chi connectivity index (χ1v) is 7.86. The van der Waals surface area contributed by atoms with Gasteiger partial charge in [-0.25, -0.2) is 18.3 Å². The topological polar surface area (TPSA) is 62.1 Å². The van der Waals surface area contributed by atoms with Gasteiger partial charge in [-0.3, -0.25) is 5.10 Å². The van der Waals surface area contributed by atoms with Crippen molar-refractivity contribution in [3.63, 3.8) is 0 Å². The Morgan fingerprint density at radius 2 is 2.04 bits per heavy atom. The molecule has 0 spiro atoms. The molecule has 0 fully saturated rings. The fourth-order valence-corrected chi connectivity index (χ4v) is 2.75. The summed E-state index contributed by atoms with van der Waals surface area (Å²) in [5.74, 6) is -0.293. The predicted octanol–water partition coefficient (Wildman–Crippen LogP) is 3.40. The molecule has 6 nitrogen and oxygen atoms in total. The number of halogens is 2. The number of aromatic nitrogens is 5. The average Bonchev–Trinajstić information content (AvgIpc) is 3.16. The molecule has 8 heteroatoms. The summed E-state index contributed by atoms with van der Waals surface area (Å²) in [4.78, 5) is 6.30. The normalized spacial score (nSPS) is 11.8. The summed E-state index contributed by atoms with van der Waals surface area (Å²) in [5.41, 5.74) is 1.45. The van der Waals surface area contributed by atoms with Gasteiger partial charge in [0.05, 0.1) is 17.1 Å². The molecule has 4 heterocycles. The molecule has 0 aliphatic heterocycles. The van der Waals surface area contributed by atoms with Gasteiger partial charge in [-0.2, -0.15) is 10.2 Å². The van der Waals surface area contributed by atoms with Gasteiger partial charge in [-0.05, 0) is 26.0 Å². The summed E-state index contributed by atoms with van der Waals surface area (Å²) in [6.07, 6.45) is 2.96. The van der Waals surface area contributed by atoms with E-state index in [2.05, 4.69) is 20.3 Å². The maximum Gasteiger partial charge on any atom is 0.160 e. The van der Waals surface area contributed by atoms with Crippen molar-refractivity contribution in [2.75, 3.05) is 11.9 Å². The summed E-state index contributed by atoms with van der Waals surface area (Å²) >= 11 is 0. The van der Waals surface area contributed by atoms with Gasteiger partial charge in [0.15, 0.2) is 17.3 Å². The number of aromatic amines is 1. The molecule has 0 radical (unpaired) electrons. The molecule has 0 atom stereocenters. The minimum absolute atomic E-state index is 0.107. The third kappa shape index (κ3) is 2.41. The Morgan fingerprint density at radius 3 is 2.80 bits per heavy atom. The molecule has 25 heavy (non-hydrogen) atoms. The average molecular weight is 342 g/mol. The van der Waals surface area contributed by atoms with Crippen LogP contribution in [0.15, 0.2) is 30.6 Å². The van der Waals surface area contributed by atoms with Gasteiger partial charge in [0.25, 0.3) is 0 Å². The smallest absolute Gasteiger partial charge is 0.160 e. The lowest BCUT2D eigenvalue weighted by molar-refractivity contribution is 0.624. The molecule has 0 saturated carbocycles. The fraction of sp³-hybridized carbons (Fsp3) is 0.235. The zero-order valence-corrected chi connectivity index (χ0v) is 14.0. The first kappa shape index (κ1) is 15.5. The lowest BCUT2D eigenvalue weighted by Gasteiger charge is -2.21. The van der Waals surface area contributed by atoms with E-state index in [9.17, 15) is 8.78 Å². The molecule has 128 valence electrons. The molecule has 0 saturated heterocycles. The molecule has 0 bridgehead atoms. The second kappa shape index (κ2) is 5.51. The monoisotopic (exact) mass is 342 g/mol. The van der Waals surface area contributed by atoms with E-state index in [1.54, 1.807) is 0 Å². The number of nitrogens with one attached hydrogen (secondary N) is 1. The van der Waals surface area contributed by atoms with Crippen LogP contribution in [0.5, 0.6) is 0 Å². The maximum atomic E-state index is 14.8. The Hall–Kier alpha value is -3.03. The van der Waals surface area contributed by atoms with Crippen molar-refractivity contribution in [1.29, 1.82) is 0 Å². The zero-order chi connectivity index (χ0) is 17.7. The van der Waals surface area contributed by atoms with Gasteiger partial charge in [-0.15, -0.1) is 0 Å². The Bertz CT molecular complexity index is 1080. The van der Waals surface area contributed by atoms with Gasteiger partial charge in [0.1, 0.15) is 11.5 Å². The molecular formula is C17H16F2N6. The summed E-state index contributed by atoms with van der Waals surface area (Å²) in [7, 11) is 1.89. The predicted molar refractivity (Wildman–Crippen MR) is 91.5 cm³/mol. The highest BCUT2D eigenvalue weighted by atomic mass is 19.1. The number of fused-ring (bicyclic) bond motifs is 2. The number of nitrogens with zero attached hydrogens (tertiary/aromatic N) is 5. The van der Waals surface area contributed by atoms with Crippen LogP contribution in [0.1, 0.15) is 13.8 Å². The van der Waals surface area contributed by atoms with E-state index >= 15 is 0 Å². The van der Waals surface area contributed by atoms with Crippen LogP contribution in [0.25, 0.3) is 27.8 Å². The zero-order valence-electron chi connectivity index (χ0n) is 14.0. The van der Waals surface area contributed by atoms with E-state index in [0.29, 0.717) is 27.9 Å². The molecule has 4 aromatic heterocycles. The van der Waals surface area contributed by atoms with Gasteiger partial charge >= 0.3 is 0 Å². The van der Waals surface area contributed by atoms with Crippen LogP contribution in [0, 0.1) is 11.6 Å². The lowest BCUT2D eigenvalue weighted by Crippen LogP contribution is -2.26. The molecule has 0 aliphatic carbocycles. The number of hydrogen-bond acceptors (Lipinski definition) is 4. The molecule has 1 N–H and O–H groups in total. The van der Waals surface area contributed by atoms with Crippen LogP contribution in [0.2, 0.25) is 0 Å². The number of rotatable bonds is 3. The van der Waals surface area contributed by atoms with Crippen LogP contribution in [0.3, 0.4) is 0 Å². The summed E-state index contributed by atoms with van der Waals surface area (Å²) in [6.45, 7) is 4.04. The quantitative estimate of drug-likeness (QED) is 0.620. The van der Waals surface area contributed by atoms with Crippen LogP contribution in [-0.4, -0.2) is 37.9 Å². The molecule has 0 aromatic carbocycles. The standard InChI is InChI=1S/C17H16F2N6/c1-9(2)24(3)17-11-7-13(19)15(21-16(11)22-23-17)12-8-20-25-5-4-10(18)6-14(12)25/h4-9H,1-3H3,(H,21,22,23). The van der Waals surface area contributed by atoms with Crippen molar-refractivity contribution < 1.29 is 8.78 Å². The van der Waals surface area contributed by atoms with Crippen molar-refractivity contribution in [3.8, 4) is 11.3 Å². The van der Waals surface area contributed by atoms with E-state index < -0.39 is 11.6 Å². The second-order valence-corrected chi connectivity index (χ2v) is 6.20. The van der Waals surface area contributed by atoms with Crippen molar-refractivity contribution in [2.45, 2.75) is 19.9 Å². The van der Waals surface area contributed by atoms with E-state index in [1.807, 2.05) is 25.8 Å². The van der Waals surface area contributed by atoms with Gasteiger partial charge < -0.3 is 4.90 Å². The summed E-state index contributed by atoms with van der Waals surface area (Å²) in [5, 5.41) is 11.8. The Labute approximate surface area is 142 Å². The van der Waals surface area contributed by atoms with E-state index in [4.69, 9.17) is 0 Å². The number of pyridine rings is 2. The minimum atomic E-state index is -0.508. The maximum absolute atomic E-state index is 14.8. The second-order valence-electron chi connectivity index (χ2n) is 6.20. The largest absolute Gasteiger partial charge is 0.355 e. The lowest BCUT2D eigenvalue weighted by atomic mass is 10.1. The molecule has 0 aliphatic rings. The summed E-state index contributed by atoms with van der Waals surface area (Å²) in [6, 6.07) is 4.20. The molecule has 4 rings (SSSR count). The Balaban J connectivity index is 1.91. The van der Waals surface area contributed by atoms with E-state index in [-0.39, 0.29) is 11.7 Å². The van der Waals surface area contributed by atoms with Crippen molar-refractivity contribution in [3.05, 3.63) is 42.2 Å². The van der Waals surface area contributed by atoms with Gasteiger partial charge in [0.2, 0.25) is 0 Å². The Kier molecular flexibility index (Phi) is 3.41. The SMILES string of the molecule is CC(C)N(C)c1n[nH]c2nc(-c3cnn4ccc(F)cc34)c(F)cc12. The molecular weight excluding hydrogens is 326 g/mol. The molecule has 0 amide bonds. The van der Waals surface area contributed by atoms with Crippen LogP contribution in [-0.2, 0) is 0 Å². The molecule has 0 unspecified atom stereocenters. The highest BCUT2D eigenvalue weighted by Gasteiger charge is 2.19. The van der Waals surface area contributed by atoms with E-state index in [0.717, 1.165) is 0 Å².